The molecule has 0 radical (unpaired) electrons. The molecule has 18 heavy (non-hydrogen) atoms. The molecule has 0 spiro atoms. The number of hydrogen-bond donors (Lipinski definition) is 1. The Morgan fingerprint density at radius 1 is 1.50 bits per heavy atom. The van der Waals surface area contributed by atoms with Crippen molar-refractivity contribution < 1.29 is 9.18 Å². The standard InChI is InChI=1S/C14H16FNOS/c1-3-5-9(2)16-14(17)13-8-10-11(15)6-4-7-12(10)18-13/h4,6-9H,3,5H2,1-2H3,(H,16,17). The maximum absolute atomic E-state index is 13.5. The summed E-state index contributed by atoms with van der Waals surface area (Å²) in [5.41, 5.74) is 0. The maximum atomic E-state index is 13.5. The highest BCUT2D eigenvalue weighted by atomic mass is 32.1. The zero-order valence-corrected chi connectivity index (χ0v) is 11.3. The van der Waals surface area contributed by atoms with E-state index >= 15 is 0 Å². The smallest absolute Gasteiger partial charge is 0.261 e. The van der Waals surface area contributed by atoms with E-state index in [-0.39, 0.29) is 17.8 Å². The molecule has 1 amide bonds. The molecule has 2 rings (SSSR count). The Morgan fingerprint density at radius 3 is 2.94 bits per heavy atom. The minimum atomic E-state index is -0.274. The van der Waals surface area contributed by atoms with Crippen LogP contribution in [0.4, 0.5) is 4.39 Å². The summed E-state index contributed by atoms with van der Waals surface area (Å²) in [7, 11) is 0. The van der Waals surface area contributed by atoms with E-state index in [9.17, 15) is 9.18 Å². The third-order valence-electron chi connectivity index (χ3n) is 2.83. The molecule has 96 valence electrons. The first-order valence-electron chi connectivity index (χ1n) is 6.10. The normalized spacial score (nSPS) is 12.6. The van der Waals surface area contributed by atoms with Gasteiger partial charge in [0.15, 0.2) is 0 Å². The highest BCUT2D eigenvalue weighted by Gasteiger charge is 2.13. The first-order valence-corrected chi connectivity index (χ1v) is 6.92. The predicted octanol–water partition coefficient (Wildman–Crippen LogP) is 3.96. The third kappa shape index (κ3) is 2.70. The number of halogens is 1. The van der Waals surface area contributed by atoms with Crippen molar-refractivity contribution in [2.45, 2.75) is 32.7 Å². The summed E-state index contributed by atoms with van der Waals surface area (Å²) in [5.74, 6) is -0.388. The molecule has 1 N–H and O–H groups in total. The molecule has 1 heterocycles. The van der Waals surface area contributed by atoms with Crippen LogP contribution in [0.15, 0.2) is 24.3 Å². The molecule has 0 fully saturated rings. The summed E-state index contributed by atoms with van der Waals surface area (Å²) >= 11 is 1.33. The number of benzene rings is 1. The molecule has 2 nitrogen and oxygen atoms in total. The van der Waals surface area contributed by atoms with Gasteiger partial charge >= 0.3 is 0 Å². The van der Waals surface area contributed by atoms with Crippen LogP contribution >= 0.6 is 11.3 Å². The first-order chi connectivity index (χ1) is 8.61. The van der Waals surface area contributed by atoms with Crippen molar-refractivity contribution in [1.82, 2.24) is 5.32 Å². The van der Waals surface area contributed by atoms with Gasteiger partial charge < -0.3 is 5.32 Å². The van der Waals surface area contributed by atoms with Crippen LogP contribution in [0.3, 0.4) is 0 Å². The molecule has 1 atom stereocenters. The average molecular weight is 265 g/mol. The lowest BCUT2D eigenvalue weighted by molar-refractivity contribution is 0.0942. The minimum absolute atomic E-state index is 0.114. The summed E-state index contributed by atoms with van der Waals surface area (Å²) in [4.78, 5) is 12.6. The number of fused-ring (bicyclic) bond motifs is 1. The molecule has 4 heteroatoms. The Kier molecular flexibility index (Phi) is 3.97. The van der Waals surface area contributed by atoms with Crippen LogP contribution in [0.5, 0.6) is 0 Å². The molecular weight excluding hydrogens is 249 g/mol. The van der Waals surface area contributed by atoms with Gasteiger partial charge in [-0.05, 0) is 31.5 Å². The summed E-state index contributed by atoms with van der Waals surface area (Å²) in [6.45, 7) is 4.06. The van der Waals surface area contributed by atoms with Crippen LogP contribution < -0.4 is 5.32 Å². The number of nitrogens with one attached hydrogen (secondary N) is 1. The van der Waals surface area contributed by atoms with Gasteiger partial charge in [-0.2, -0.15) is 0 Å². The van der Waals surface area contributed by atoms with Crippen molar-refractivity contribution in [3.63, 3.8) is 0 Å². The lowest BCUT2D eigenvalue weighted by atomic mass is 10.2. The van der Waals surface area contributed by atoms with Gasteiger partial charge in [0.25, 0.3) is 5.91 Å². The number of carbonyl (C=O) groups excluding carboxylic acids is 1. The Balaban J connectivity index is 2.21. The maximum Gasteiger partial charge on any atom is 0.261 e. The zero-order chi connectivity index (χ0) is 13.1. The Hall–Kier alpha value is -1.42. The molecular formula is C14H16FNOS. The average Bonchev–Trinajstić information content (AvgIpc) is 2.74. The molecule has 0 aliphatic rings. The first kappa shape index (κ1) is 13.0. The number of carbonyl (C=O) groups is 1. The van der Waals surface area contributed by atoms with E-state index in [4.69, 9.17) is 0 Å². The quantitative estimate of drug-likeness (QED) is 0.890. The molecule has 0 aliphatic heterocycles. The molecule has 0 aliphatic carbocycles. The third-order valence-corrected chi connectivity index (χ3v) is 3.93. The highest BCUT2D eigenvalue weighted by Crippen LogP contribution is 2.27. The minimum Gasteiger partial charge on any atom is -0.349 e. The monoisotopic (exact) mass is 265 g/mol. The molecule has 2 aromatic rings. The van der Waals surface area contributed by atoms with E-state index in [2.05, 4.69) is 12.2 Å². The van der Waals surface area contributed by atoms with Crippen LogP contribution in [0.2, 0.25) is 0 Å². The number of amides is 1. The van der Waals surface area contributed by atoms with Gasteiger partial charge in [-0.1, -0.05) is 19.4 Å². The van der Waals surface area contributed by atoms with E-state index in [0.29, 0.717) is 10.3 Å². The van der Waals surface area contributed by atoms with Crippen LogP contribution in [-0.2, 0) is 0 Å². The van der Waals surface area contributed by atoms with E-state index < -0.39 is 0 Å². The van der Waals surface area contributed by atoms with Crippen molar-refractivity contribution in [3.8, 4) is 0 Å². The second-order valence-corrected chi connectivity index (χ2v) is 5.51. The molecule has 0 bridgehead atoms. The van der Waals surface area contributed by atoms with Crippen LogP contribution in [-0.4, -0.2) is 11.9 Å². The highest BCUT2D eigenvalue weighted by molar-refractivity contribution is 7.20. The van der Waals surface area contributed by atoms with E-state index in [0.717, 1.165) is 17.5 Å². The van der Waals surface area contributed by atoms with Gasteiger partial charge in [-0.3, -0.25) is 4.79 Å². The zero-order valence-electron chi connectivity index (χ0n) is 10.5. The van der Waals surface area contributed by atoms with Gasteiger partial charge in [0.05, 0.1) is 4.88 Å². The fraction of sp³-hybridized carbons (Fsp3) is 0.357. The number of rotatable bonds is 4. The topological polar surface area (TPSA) is 29.1 Å². The Morgan fingerprint density at radius 2 is 2.28 bits per heavy atom. The second-order valence-electron chi connectivity index (χ2n) is 4.43. The van der Waals surface area contributed by atoms with Crippen LogP contribution in [0.1, 0.15) is 36.4 Å². The molecule has 0 saturated carbocycles. The second kappa shape index (κ2) is 5.48. The lowest BCUT2D eigenvalue weighted by Gasteiger charge is -2.11. The van der Waals surface area contributed by atoms with Crippen molar-refractivity contribution in [2.75, 3.05) is 0 Å². The molecule has 1 aromatic carbocycles. The van der Waals surface area contributed by atoms with Crippen molar-refractivity contribution in [1.29, 1.82) is 0 Å². The van der Waals surface area contributed by atoms with Crippen molar-refractivity contribution in [2.24, 2.45) is 0 Å². The van der Waals surface area contributed by atoms with Gasteiger partial charge in [0, 0.05) is 16.1 Å². The fourth-order valence-electron chi connectivity index (χ4n) is 1.94. The summed E-state index contributed by atoms with van der Waals surface area (Å²) in [5, 5.41) is 3.45. The van der Waals surface area contributed by atoms with E-state index in [1.165, 1.54) is 17.4 Å². The van der Waals surface area contributed by atoms with Crippen molar-refractivity contribution >= 4 is 27.3 Å². The molecule has 1 aromatic heterocycles. The fourth-order valence-corrected chi connectivity index (χ4v) is 2.92. The van der Waals surface area contributed by atoms with E-state index in [1.54, 1.807) is 12.1 Å². The number of hydrogen-bond acceptors (Lipinski definition) is 2. The van der Waals surface area contributed by atoms with Gasteiger partial charge in [0.1, 0.15) is 5.82 Å². The molecule has 0 saturated heterocycles. The van der Waals surface area contributed by atoms with Gasteiger partial charge in [-0.15, -0.1) is 11.3 Å². The van der Waals surface area contributed by atoms with Gasteiger partial charge in [0.2, 0.25) is 0 Å². The SMILES string of the molecule is CCCC(C)NC(=O)c1cc2c(F)cccc2s1. The lowest BCUT2D eigenvalue weighted by Crippen LogP contribution is -2.31. The Bertz CT molecular complexity index is 564. The van der Waals surface area contributed by atoms with Crippen LogP contribution in [0.25, 0.3) is 10.1 Å². The van der Waals surface area contributed by atoms with Gasteiger partial charge in [-0.25, -0.2) is 4.39 Å². The summed E-state index contributed by atoms with van der Waals surface area (Å²) in [6, 6.07) is 6.68. The number of thiophene rings is 1. The van der Waals surface area contributed by atoms with Crippen LogP contribution in [0, 0.1) is 5.82 Å². The predicted molar refractivity (Wildman–Crippen MR) is 73.6 cm³/mol. The summed E-state index contributed by atoms with van der Waals surface area (Å²) < 4.78 is 14.3. The molecule has 1 unspecified atom stereocenters. The van der Waals surface area contributed by atoms with Crippen molar-refractivity contribution in [3.05, 3.63) is 35.0 Å². The van der Waals surface area contributed by atoms with E-state index in [1.807, 2.05) is 13.0 Å². The largest absolute Gasteiger partial charge is 0.349 e. The summed E-state index contributed by atoms with van der Waals surface area (Å²) in [6.07, 6.45) is 1.98. The Labute approximate surface area is 110 Å².